The van der Waals surface area contributed by atoms with Gasteiger partial charge in [-0.1, -0.05) is 72.8 Å². The van der Waals surface area contributed by atoms with Crippen molar-refractivity contribution in [2.75, 3.05) is 6.61 Å². The van der Waals surface area contributed by atoms with Gasteiger partial charge in [-0.25, -0.2) is 0 Å². The van der Waals surface area contributed by atoms with Gasteiger partial charge >= 0.3 is 0 Å². The van der Waals surface area contributed by atoms with E-state index < -0.39 is 6.10 Å². The molecule has 1 atom stereocenters. The van der Waals surface area contributed by atoms with Gasteiger partial charge in [0.05, 0.1) is 6.04 Å². The van der Waals surface area contributed by atoms with Crippen LogP contribution in [0, 0.1) is 0 Å². The summed E-state index contributed by atoms with van der Waals surface area (Å²) in [4.78, 5) is 12.8. The van der Waals surface area contributed by atoms with Crippen molar-refractivity contribution < 1.29 is 14.3 Å². The summed E-state index contributed by atoms with van der Waals surface area (Å²) in [5, 5.41) is 3.11. The average molecular weight is 345 g/mol. The van der Waals surface area contributed by atoms with Crippen molar-refractivity contribution in [2.45, 2.75) is 12.1 Å². The number of fused-ring (bicyclic) bond motifs is 1. The molecule has 3 aromatic carbocycles. The van der Waals surface area contributed by atoms with E-state index in [1.807, 2.05) is 78.9 Å². The number of carbonyl (C=O) groups is 1. The van der Waals surface area contributed by atoms with Crippen LogP contribution in [0.25, 0.3) is 0 Å². The van der Waals surface area contributed by atoms with Crippen LogP contribution in [0.5, 0.6) is 11.5 Å². The minimum absolute atomic E-state index is 0.194. The van der Waals surface area contributed by atoms with E-state index in [-0.39, 0.29) is 18.6 Å². The van der Waals surface area contributed by atoms with Crippen molar-refractivity contribution in [3.05, 3.63) is 96.1 Å². The lowest BCUT2D eigenvalue weighted by molar-refractivity contribution is -0.130. The Balaban J connectivity index is 1.56. The summed E-state index contributed by atoms with van der Waals surface area (Å²) in [5.74, 6) is 1.06. The first-order valence-corrected chi connectivity index (χ1v) is 8.60. The summed E-state index contributed by atoms with van der Waals surface area (Å²) < 4.78 is 11.5. The van der Waals surface area contributed by atoms with Gasteiger partial charge in [0.1, 0.15) is 6.61 Å². The summed E-state index contributed by atoms with van der Waals surface area (Å²) in [6.07, 6.45) is -0.681. The van der Waals surface area contributed by atoms with Gasteiger partial charge in [-0.2, -0.15) is 0 Å². The van der Waals surface area contributed by atoms with Crippen LogP contribution in [0.15, 0.2) is 84.9 Å². The number of rotatable bonds is 4. The van der Waals surface area contributed by atoms with E-state index in [1.54, 1.807) is 6.07 Å². The molecule has 0 bridgehead atoms. The highest BCUT2D eigenvalue weighted by molar-refractivity contribution is 5.82. The molecular formula is C22H19NO3. The molecule has 1 N–H and O–H groups in total. The van der Waals surface area contributed by atoms with Crippen LogP contribution in [0.1, 0.15) is 17.2 Å². The Morgan fingerprint density at radius 2 is 1.35 bits per heavy atom. The Kier molecular flexibility index (Phi) is 4.56. The van der Waals surface area contributed by atoms with Gasteiger partial charge in [0, 0.05) is 0 Å². The molecule has 0 unspecified atom stereocenters. The quantitative estimate of drug-likeness (QED) is 0.784. The monoisotopic (exact) mass is 345 g/mol. The Bertz CT molecular complexity index is 841. The van der Waals surface area contributed by atoms with Gasteiger partial charge in [0.25, 0.3) is 5.91 Å². The highest BCUT2D eigenvalue weighted by atomic mass is 16.6. The van der Waals surface area contributed by atoms with Gasteiger partial charge in [0.15, 0.2) is 11.5 Å². The number of hydrogen-bond acceptors (Lipinski definition) is 3. The maximum Gasteiger partial charge on any atom is 0.265 e. The Morgan fingerprint density at radius 1 is 0.808 bits per heavy atom. The molecule has 0 aromatic heterocycles. The third-order valence-electron chi connectivity index (χ3n) is 4.35. The maximum absolute atomic E-state index is 12.8. The molecule has 1 heterocycles. The number of amides is 1. The minimum Gasteiger partial charge on any atom is -0.485 e. The predicted molar refractivity (Wildman–Crippen MR) is 99.2 cm³/mol. The second kappa shape index (κ2) is 7.31. The number of carbonyl (C=O) groups excluding carboxylic acids is 1. The molecule has 0 saturated carbocycles. The summed E-state index contributed by atoms with van der Waals surface area (Å²) in [7, 11) is 0. The highest BCUT2D eigenvalue weighted by Crippen LogP contribution is 2.31. The molecule has 3 aromatic rings. The minimum atomic E-state index is -0.681. The lowest BCUT2D eigenvalue weighted by atomic mass is 9.98. The van der Waals surface area contributed by atoms with Crippen molar-refractivity contribution in [1.82, 2.24) is 5.32 Å². The average Bonchev–Trinajstić information content (AvgIpc) is 2.72. The standard InChI is InChI=1S/C22H19NO3/c24-22(20-15-25-18-13-7-8-14-19(18)26-20)23-21(16-9-3-1-4-10-16)17-11-5-2-6-12-17/h1-14,20-21H,15H2,(H,23,24)/t20-/m0/s1. The van der Waals surface area contributed by atoms with Gasteiger partial charge in [-0.3, -0.25) is 4.79 Å². The topological polar surface area (TPSA) is 47.6 Å². The fourth-order valence-electron chi connectivity index (χ4n) is 3.03. The van der Waals surface area contributed by atoms with Crippen LogP contribution in [-0.2, 0) is 4.79 Å². The molecule has 26 heavy (non-hydrogen) atoms. The Hall–Kier alpha value is -3.27. The summed E-state index contributed by atoms with van der Waals surface area (Å²) in [6, 6.07) is 26.9. The molecule has 1 aliphatic rings. The second-order valence-corrected chi connectivity index (χ2v) is 6.13. The van der Waals surface area contributed by atoms with E-state index in [1.165, 1.54) is 0 Å². The zero-order valence-electron chi connectivity index (χ0n) is 14.2. The molecule has 0 saturated heterocycles. The number of ether oxygens (including phenoxy) is 2. The lowest BCUT2D eigenvalue weighted by Crippen LogP contribution is -2.45. The zero-order chi connectivity index (χ0) is 17.8. The number of benzene rings is 3. The zero-order valence-corrected chi connectivity index (χ0v) is 14.2. The first-order chi connectivity index (χ1) is 12.8. The van der Waals surface area contributed by atoms with Crippen molar-refractivity contribution in [3.8, 4) is 11.5 Å². The van der Waals surface area contributed by atoms with E-state index in [4.69, 9.17) is 9.47 Å². The molecule has 0 fully saturated rings. The van der Waals surface area contributed by atoms with Crippen LogP contribution >= 0.6 is 0 Å². The molecular weight excluding hydrogens is 326 g/mol. The van der Waals surface area contributed by atoms with Crippen molar-refractivity contribution in [1.29, 1.82) is 0 Å². The molecule has 0 aliphatic carbocycles. The molecule has 0 radical (unpaired) electrons. The summed E-state index contributed by atoms with van der Waals surface area (Å²) in [6.45, 7) is 0.194. The lowest BCUT2D eigenvalue weighted by Gasteiger charge is -2.28. The van der Waals surface area contributed by atoms with Crippen LogP contribution < -0.4 is 14.8 Å². The molecule has 4 heteroatoms. The van der Waals surface area contributed by atoms with Crippen LogP contribution in [0.3, 0.4) is 0 Å². The molecule has 4 rings (SSSR count). The molecule has 4 nitrogen and oxygen atoms in total. The van der Waals surface area contributed by atoms with Gasteiger partial charge < -0.3 is 14.8 Å². The summed E-state index contributed by atoms with van der Waals surface area (Å²) >= 11 is 0. The van der Waals surface area contributed by atoms with Gasteiger partial charge in [-0.15, -0.1) is 0 Å². The van der Waals surface area contributed by atoms with Crippen LogP contribution in [0.2, 0.25) is 0 Å². The number of para-hydroxylation sites is 2. The SMILES string of the molecule is O=C(NC(c1ccccc1)c1ccccc1)[C@@H]1COc2ccccc2O1. The second-order valence-electron chi connectivity index (χ2n) is 6.13. The Labute approximate surface area is 152 Å². The van der Waals surface area contributed by atoms with E-state index in [0.717, 1.165) is 11.1 Å². The van der Waals surface area contributed by atoms with E-state index in [2.05, 4.69) is 5.32 Å². The molecule has 0 spiro atoms. The van der Waals surface area contributed by atoms with E-state index >= 15 is 0 Å². The first-order valence-electron chi connectivity index (χ1n) is 8.60. The van der Waals surface area contributed by atoms with Crippen molar-refractivity contribution in [2.24, 2.45) is 0 Å². The molecule has 1 amide bonds. The van der Waals surface area contributed by atoms with Gasteiger partial charge in [-0.05, 0) is 23.3 Å². The fourth-order valence-corrected chi connectivity index (χ4v) is 3.03. The first kappa shape index (κ1) is 16.2. The maximum atomic E-state index is 12.8. The number of nitrogens with one attached hydrogen (secondary N) is 1. The largest absolute Gasteiger partial charge is 0.485 e. The fraction of sp³-hybridized carbons (Fsp3) is 0.136. The molecule has 1 aliphatic heterocycles. The highest BCUT2D eigenvalue weighted by Gasteiger charge is 2.29. The van der Waals surface area contributed by atoms with Crippen molar-refractivity contribution >= 4 is 5.91 Å². The van der Waals surface area contributed by atoms with Gasteiger partial charge in [0.2, 0.25) is 6.10 Å². The molecule has 130 valence electrons. The third-order valence-corrected chi connectivity index (χ3v) is 4.35. The normalized spacial score (nSPS) is 15.5. The van der Waals surface area contributed by atoms with E-state index in [9.17, 15) is 4.79 Å². The van der Waals surface area contributed by atoms with Crippen molar-refractivity contribution in [3.63, 3.8) is 0 Å². The third kappa shape index (κ3) is 3.40. The summed E-state index contributed by atoms with van der Waals surface area (Å²) in [5.41, 5.74) is 2.04. The Morgan fingerprint density at radius 3 is 1.96 bits per heavy atom. The number of hydrogen-bond donors (Lipinski definition) is 1. The van der Waals surface area contributed by atoms with Crippen LogP contribution in [0.4, 0.5) is 0 Å². The smallest absolute Gasteiger partial charge is 0.265 e. The van der Waals surface area contributed by atoms with E-state index in [0.29, 0.717) is 11.5 Å². The predicted octanol–water partition coefficient (Wildman–Crippen LogP) is 3.73. The van der Waals surface area contributed by atoms with Crippen LogP contribution in [-0.4, -0.2) is 18.6 Å².